The van der Waals surface area contributed by atoms with E-state index < -0.39 is 10.0 Å². The Morgan fingerprint density at radius 3 is 2.65 bits per heavy atom. The predicted octanol–water partition coefficient (Wildman–Crippen LogP) is 2.32. The topological polar surface area (TPSA) is 64.6 Å². The Bertz CT molecular complexity index is 522. The van der Waals surface area contributed by atoms with Crippen molar-refractivity contribution in [2.75, 3.05) is 33.5 Å². The van der Waals surface area contributed by atoms with Crippen LogP contribution in [0.5, 0.6) is 0 Å². The molecule has 0 aliphatic rings. The molecule has 0 unspecified atom stereocenters. The number of methoxy groups -OCH3 is 1. The van der Waals surface area contributed by atoms with Gasteiger partial charge in [0.1, 0.15) is 4.90 Å². The van der Waals surface area contributed by atoms with E-state index >= 15 is 0 Å². The zero-order chi connectivity index (χ0) is 15.0. The highest BCUT2D eigenvalue weighted by molar-refractivity contribution is 7.89. The predicted molar refractivity (Wildman–Crippen MR) is 79.0 cm³/mol. The summed E-state index contributed by atoms with van der Waals surface area (Å²) in [6, 6.07) is 4.31. The lowest BCUT2D eigenvalue weighted by Gasteiger charge is -2.09. The van der Waals surface area contributed by atoms with Crippen LogP contribution in [0.1, 0.15) is 6.42 Å². The average molecular weight is 342 g/mol. The minimum absolute atomic E-state index is 0.0213. The summed E-state index contributed by atoms with van der Waals surface area (Å²) in [5, 5.41) is 0.455. The molecule has 0 saturated heterocycles. The lowest BCUT2D eigenvalue weighted by atomic mass is 10.4. The summed E-state index contributed by atoms with van der Waals surface area (Å²) in [6.45, 7) is 1.72. The van der Waals surface area contributed by atoms with Crippen molar-refractivity contribution in [2.24, 2.45) is 0 Å². The van der Waals surface area contributed by atoms with Crippen LogP contribution in [0.2, 0.25) is 10.0 Å². The van der Waals surface area contributed by atoms with Crippen molar-refractivity contribution in [3.8, 4) is 0 Å². The second-order valence-electron chi connectivity index (χ2n) is 3.93. The molecule has 1 aromatic rings. The fourth-order valence-electron chi connectivity index (χ4n) is 1.39. The molecule has 0 spiro atoms. The number of sulfonamides is 1. The Labute approximate surface area is 129 Å². The van der Waals surface area contributed by atoms with Gasteiger partial charge in [-0.05, 0) is 24.6 Å². The molecule has 1 rings (SSSR count). The second kappa shape index (κ2) is 8.81. The van der Waals surface area contributed by atoms with Gasteiger partial charge in [-0.1, -0.05) is 23.2 Å². The summed E-state index contributed by atoms with van der Waals surface area (Å²) in [4.78, 5) is -0.0213. The number of ether oxygens (including phenoxy) is 2. The molecule has 0 aromatic heterocycles. The molecule has 0 atom stereocenters. The van der Waals surface area contributed by atoms with Crippen LogP contribution >= 0.6 is 23.2 Å². The Balaban J connectivity index is 2.44. The summed E-state index contributed by atoms with van der Waals surface area (Å²) in [6.07, 6.45) is 0.557. The van der Waals surface area contributed by atoms with Gasteiger partial charge in [0.15, 0.2) is 0 Å². The third-order valence-electron chi connectivity index (χ3n) is 2.37. The van der Waals surface area contributed by atoms with Gasteiger partial charge in [0.25, 0.3) is 0 Å². The molecule has 0 fully saturated rings. The summed E-state index contributed by atoms with van der Waals surface area (Å²) in [7, 11) is -2.07. The van der Waals surface area contributed by atoms with E-state index in [0.29, 0.717) is 31.3 Å². The van der Waals surface area contributed by atoms with E-state index in [1.165, 1.54) is 18.2 Å². The number of rotatable bonds is 9. The summed E-state index contributed by atoms with van der Waals surface area (Å²) < 4.78 is 36.6. The summed E-state index contributed by atoms with van der Waals surface area (Å²) >= 11 is 11.6. The van der Waals surface area contributed by atoms with Gasteiger partial charge in [-0.15, -0.1) is 0 Å². The van der Waals surface area contributed by atoms with Crippen LogP contribution in [0.4, 0.5) is 0 Å². The maximum Gasteiger partial charge on any atom is 0.242 e. The van der Waals surface area contributed by atoms with Gasteiger partial charge < -0.3 is 9.47 Å². The van der Waals surface area contributed by atoms with E-state index in [2.05, 4.69) is 4.72 Å². The molecule has 1 aromatic carbocycles. The Morgan fingerprint density at radius 2 is 1.95 bits per heavy atom. The van der Waals surface area contributed by atoms with Crippen molar-refractivity contribution in [3.63, 3.8) is 0 Å². The molecular formula is C12H17Cl2NO4S. The maximum atomic E-state index is 12.0. The fourth-order valence-corrected chi connectivity index (χ4v) is 3.22. The van der Waals surface area contributed by atoms with Gasteiger partial charge >= 0.3 is 0 Å². The average Bonchev–Trinajstić information content (AvgIpc) is 2.40. The van der Waals surface area contributed by atoms with Gasteiger partial charge in [0.05, 0.1) is 18.2 Å². The van der Waals surface area contributed by atoms with Crippen molar-refractivity contribution < 1.29 is 17.9 Å². The van der Waals surface area contributed by atoms with Crippen LogP contribution in [0.3, 0.4) is 0 Å². The van der Waals surface area contributed by atoms with Crippen LogP contribution in [0.15, 0.2) is 23.1 Å². The highest BCUT2D eigenvalue weighted by Gasteiger charge is 2.17. The van der Waals surface area contributed by atoms with E-state index in [0.717, 1.165) is 0 Å². The molecule has 1 N–H and O–H groups in total. The molecule has 0 aliphatic carbocycles. The smallest absolute Gasteiger partial charge is 0.242 e. The third-order valence-corrected chi connectivity index (χ3v) is 4.55. The monoisotopic (exact) mass is 341 g/mol. The van der Waals surface area contributed by atoms with E-state index in [1.54, 1.807) is 7.11 Å². The van der Waals surface area contributed by atoms with Gasteiger partial charge in [0, 0.05) is 25.3 Å². The first kappa shape index (κ1) is 17.7. The molecule has 0 amide bonds. The minimum atomic E-state index is -3.66. The minimum Gasteiger partial charge on any atom is -0.382 e. The summed E-state index contributed by atoms with van der Waals surface area (Å²) in [5.41, 5.74) is 0. The highest BCUT2D eigenvalue weighted by atomic mass is 35.5. The molecule has 0 heterocycles. The molecule has 0 aliphatic heterocycles. The molecule has 114 valence electrons. The standard InChI is InChI=1S/C12H17Cl2NO4S/c1-18-7-8-19-6-2-5-15-20(16,17)12-9-10(13)3-4-11(12)14/h3-4,9,15H,2,5-8H2,1H3. The Kier molecular flexibility index (Phi) is 7.79. The molecule has 20 heavy (non-hydrogen) atoms. The van der Waals surface area contributed by atoms with E-state index in [9.17, 15) is 8.42 Å². The van der Waals surface area contributed by atoms with Crippen LogP contribution in [0, 0.1) is 0 Å². The molecule has 0 bridgehead atoms. The SMILES string of the molecule is COCCOCCCNS(=O)(=O)c1cc(Cl)ccc1Cl. The number of hydrogen-bond acceptors (Lipinski definition) is 4. The van der Waals surface area contributed by atoms with E-state index in [4.69, 9.17) is 32.7 Å². The van der Waals surface area contributed by atoms with E-state index in [-0.39, 0.29) is 16.5 Å². The largest absolute Gasteiger partial charge is 0.382 e. The zero-order valence-corrected chi connectivity index (χ0v) is 13.4. The van der Waals surface area contributed by atoms with Crippen LogP contribution in [-0.4, -0.2) is 41.9 Å². The van der Waals surface area contributed by atoms with Crippen molar-refractivity contribution >= 4 is 33.2 Å². The summed E-state index contributed by atoms with van der Waals surface area (Å²) in [5.74, 6) is 0. The Hall–Kier alpha value is -0.370. The lowest BCUT2D eigenvalue weighted by Crippen LogP contribution is -2.26. The number of hydrogen-bond donors (Lipinski definition) is 1. The van der Waals surface area contributed by atoms with E-state index in [1.807, 2.05) is 0 Å². The zero-order valence-electron chi connectivity index (χ0n) is 11.1. The fraction of sp³-hybridized carbons (Fsp3) is 0.500. The molecule has 8 heteroatoms. The van der Waals surface area contributed by atoms with Crippen molar-refractivity contribution in [1.82, 2.24) is 4.72 Å². The van der Waals surface area contributed by atoms with Crippen molar-refractivity contribution in [2.45, 2.75) is 11.3 Å². The normalized spacial score (nSPS) is 11.8. The second-order valence-corrected chi connectivity index (χ2v) is 6.51. The van der Waals surface area contributed by atoms with Crippen molar-refractivity contribution in [3.05, 3.63) is 28.2 Å². The van der Waals surface area contributed by atoms with Crippen LogP contribution in [0.25, 0.3) is 0 Å². The van der Waals surface area contributed by atoms with Gasteiger partial charge in [-0.3, -0.25) is 0 Å². The highest BCUT2D eigenvalue weighted by Crippen LogP contribution is 2.24. The third kappa shape index (κ3) is 5.95. The number of benzene rings is 1. The van der Waals surface area contributed by atoms with Gasteiger partial charge in [0.2, 0.25) is 10.0 Å². The van der Waals surface area contributed by atoms with Crippen LogP contribution in [-0.2, 0) is 19.5 Å². The first-order chi connectivity index (χ1) is 9.47. The molecule has 0 saturated carbocycles. The maximum absolute atomic E-state index is 12.0. The van der Waals surface area contributed by atoms with Gasteiger partial charge in [-0.25, -0.2) is 13.1 Å². The molecule has 5 nitrogen and oxygen atoms in total. The molecule has 0 radical (unpaired) electrons. The first-order valence-corrected chi connectivity index (χ1v) is 8.22. The molecular weight excluding hydrogens is 325 g/mol. The lowest BCUT2D eigenvalue weighted by molar-refractivity contribution is 0.0699. The Morgan fingerprint density at radius 1 is 1.20 bits per heavy atom. The number of halogens is 2. The first-order valence-electron chi connectivity index (χ1n) is 5.99. The number of nitrogens with one attached hydrogen (secondary N) is 1. The van der Waals surface area contributed by atoms with Crippen LogP contribution < -0.4 is 4.72 Å². The van der Waals surface area contributed by atoms with Gasteiger partial charge in [-0.2, -0.15) is 0 Å². The quantitative estimate of drug-likeness (QED) is 0.700. The van der Waals surface area contributed by atoms with Crippen molar-refractivity contribution in [1.29, 1.82) is 0 Å².